The molecule has 4 heteroatoms. The summed E-state index contributed by atoms with van der Waals surface area (Å²) in [7, 11) is 0. The van der Waals surface area contributed by atoms with Crippen LogP contribution in [0.15, 0.2) is 42.2 Å². The Morgan fingerprint density at radius 1 is 1.24 bits per heavy atom. The molecule has 0 amide bonds. The zero-order valence-electron chi connectivity index (χ0n) is 9.04. The minimum atomic E-state index is -0.533. The molecule has 17 heavy (non-hydrogen) atoms. The van der Waals surface area contributed by atoms with Crippen LogP contribution in [-0.2, 0) is 9.53 Å². The normalized spacial score (nSPS) is 20.1. The van der Waals surface area contributed by atoms with Gasteiger partial charge in [-0.15, -0.1) is 0 Å². The maximum absolute atomic E-state index is 11.0. The van der Waals surface area contributed by atoms with Crippen LogP contribution >= 0.6 is 0 Å². The highest BCUT2D eigenvalue weighted by Gasteiger charge is 2.18. The molecule has 1 aromatic carbocycles. The lowest BCUT2D eigenvalue weighted by Crippen LogP contribution is -2.20. The Hall–Kier alpha value is -2.23. The first-order valence-corrected chi connectivity index (χ1v) is 5.21. The number of aliphatic hydroxyl groups is 1. The van der Waals surface area contributed by atoms with Crippen LogP contribution in [0.25, 0.3) is 6.08 Å². The molecule has 1 aromatic rings. The second kappa shape index (κ2) is 4.74. The molecule has 0 fully saturated rings. The predicted octanol–water partition coefficient (Wildman–Crippen LogP) is 2.16. The molecule has 0 aromatic heterocycles. The van der Waals surface area contributed by atoms with Gasteiger partial charge in [0, 0.05) is 6.42 Å². The molecule has 2 rings (SSSR count). The van der Waals surface area contributed by atoms with Crippen molar-refractivity contribution in [2.75, 3.05) is 0 Å². The summed E-state index contributed by atoms with van der Waals surface area (Å²) in [6.07, 6.45) is 4.40. The molecule has 1 aliphatic heterocycles. The number of carbonyl (C=O) groups excluding carboxylic acids is 1. The van der Waals surface area contributed by atoms with Crippen molar-refractivity contribution in [2.24, 2.45) is 0 Å². The Bertz CT molecular complexity index is 471. The van der Waals surface area contributed by atoms with Crippen molar-refractivity contribution in [1.29, 1.82) is 0 Å². The first-order chi connectivity index (χ1) is 8.13. The number of hydrogen-bond donors (Lipinski definition) is 2. The molecule has 0 saturated carbocycles. The molecule has 1 aliphatic rings. The number of ether oxygens (including phenoxy) is 1. The zero-order chi connectivity index (χ0) is 12.3. The van der Waals surface area contributed by atoms with Crippen LogP contribution in [-0.4, -0.2) is 22.3 Å². The van der Waals surface area contributed by atoms with E-state index in [9.17, 15) is 9.90 Å². The highest BCUT2D eigenvalue weighted by Crippen LogP contribution is 2.16. The van der Waals surface area contributed by atoms with Gasteiger partial charge in [-0.2, -0.15) is 0 Å². The molecular weight excluding hydrogens is 220 g/mol. The van der Waals surface area contributed by atoms with E-state index in [1.165, 1.54) is 0 Å². The van der Waals surface area contributed by atoms with Gasteiger partial charge in [0.1, 0.15) is 17.6 Å². The highest BCUT2D eigenvalue weighted by atomic mass is 16.5. The summed E-state index contributed by atoms with van der Waals surface area (Å²) in [5.74, 6) is -0.303. The average Bonchev–Trinajstić information content (AvgIpc) is 2.27. The van der Waals surface area contributed by atoms with Gasteiger partial charge in [-0.05, 0) is 23.8 Å². The van der Waals surface area contributed by atoms with Crippen molar-refractivity contribution in [3.63, 3.8) is 0 Å². The van der Waals surface area contributed by atoms with E-state index in [-0.39, 0.29) is 11.5 Å². The highest BCUT2D eigenvalue weighted by molar-refractivity contribution is 5.83. The minimum Gasteiger partial charge on any atom is -0.512 e. The van der Waals surface area contributed by atoms with Gasteiger partial charge in [0.05, 0.1) is 6.08 Å². The van der Waals surface area contributed by atoms with Crippen LogP contribution in [0.1, 0.15) is 12.0 Å². The van der Waals surface area contributed by atoms with Crippen LogP contribution in [0.5, 0.6) is 5.75 Å². The number of cyclic esters (lactones) is 1. The first-order valence-electron chi connectivity index (χ1n) is 5.21. The number of aliphatic hydroxyl groups excluding tert-OH is 1. The third-order valence-corrected chi connectivity index (χ3v) is 2.36. The Balaban J connectivity index is 2.04. The number of hydrogen-bond acceptors (Lipinski definition) is 4. The molecule has 1 unspecified atom stereocenters. The van der Waals surface area contributed by atoms with E-state index in [4.69, 9.17) is 9.84 Å². The second-order valence-corrected chi connectivity index (χ2v) is 3.77. The molecule has 1 atom stereocenters. The van der Waals surface area contributed by atoms with E-state index >= 15 is 0 Å². The summed E-state index contributed by atoms with van der Waals surface area (Å²) in [6.45, 7) is 0. The predicted molar refractivity (Wildman–Crippen MR) is 62.3 cm³/mol. The standard InChI is InChI=1S/C13H12O4/c14-10-4-1-9(2-5-10)3-6-12-7-11(15)8-13(16)17-12/h1-6,8,12,14-15H,7H2/b6-3+. The molecule has 2 N–H and O–H groups in total. The maximum Gasteiger partial charge on any atom is 0.334 e. The lowest BCUT2D eigenvalue weighted by Gasteiger charge is -2.16. The largest absolute Gasteiger partial charge is 0.512 e. The van der Waals surface area contributed by atoms with Crippen molar-refractivity contribution in [2.45, 2.75) is 12.5 Å². The SMILES string of the molecule is O=C1C=C(O)CC(/C=C/c2ccc(O)cc2)O1. The summed E-state index contributed by atoms with van der Waals surface area (Å²) in [5.41, 5.74) is 0.882. The average molecular weight is 232 g/mol. The molecular formula is C13H12O4. The van der Waals surface area contributed by atoms with Gasteiger partial charge < -0.3 is 14.9 Å². The maximum atomic E-state index is 11.0. The van der Waals surface area contributed by atoms with Gasteiger partial charge in [0.2, 0.25) is 0 Å². The monoisotopic (exact) mass is 232 g/mol. The Morgan fingerprint density at radius 2 is 1.94 bits per heavy atom. The Labute approximate surface area is 98.5 Å². The zero-order valence-corrected chi connectivity index (χ0v) is 9.04. The van der Waals surface area contributed by atoms with E-state index in [0.717, 1.165) is 11.6 Å². The van der Waals surface area contributed by atoms with E-state index in [2.05, 4.69) is 0 Å². The number of rotatable bonds is 2. The summed E-state index contributed by atoms with van der Waals surface area (Å²) < 4.78 is 4.99. The number of phenolic OH excluding ortho intramolecular Hbond substituents is 1. The number of benzene rings is 1. The summed E-state index contributed by atoms with van der Waals surface area (Å²) in [5, 5.41) is 18.4. The molecule has 0 aliphatic carbocycles. The van der Waals surface area contributed by atoms with Crippen LogP contribution in [0.4, 0.5) is 0 Å². The summed E-state index contributed by atoms with van der Waals surface area (Å²) in [4.78, 5) is 11.0. The lowest BCUT2D eigenvalue weighted by molar-refractivity contribution is -0.142. The molecule has 0 radical (unpaired) electrons. The molecule has 0 saturated heterocycles. The number of phenols is 1. The third kappa shape index (κ3) is 3.11. The molecule has 1 heterocycles. The van der Waals surface area contributed by atoms with E-state index in [1.54, 1.807) is 36.4 Å². The quantitative estimate of drug-likeness (QED) is 0.767. The van der Waals surface area contributed by atoms with Gasteiger partial charge >= 0.3 is 5.97 Å². The fourth-order valence-corrected chi connectivity index (χ4v) is 1.54. The van der Waals surface area contributed by atoms with Crippen LogP contribution in [0.3, 0.4) is 0 Å². The van der Waals surface area contributed by atoms with Crippen LogP contribution < -0.4 is 0 Å². The van der Waals surface area contributed by atoms with E-state index in [1.807, 2.05) is 0 Å². The van der Waals surface area contributed by atoms with Crippen molar-refractivity contribution in [3.05, 3.63) is 47.7 Å². The Morgan fingerprint density at radius 3 is 2.59 bits per heavy atom. The fourth-order valence-electron chi connectivity index (χ4n) is 1.54. The van der Waals surface area contributed by atoms with Gasteiger partial charge in [-0.25, -0.2) is 4.79 Å². The summed E-state index contributed by atoms with van der Waals surface area (Å²) >= 11 is 0. The number of carbonyl (C=O) groups is 1. The van der Waals surface area contributed by atoms with Crippen molar-refractivity contribution >= 4 is 12.0 Å². The molecule has 88 valence electrons. The lowest BCUT2D eigenvalue weighted by atomic mass is 10.1. The van der Waals surface area contributed by atoms with Crippen molar-refractivity contribution < 1.29 is 19.7 Å². The van der Waals surface area contributed by atoms with Crippen molar-refractivity contribution in [1.82, 2.24) is 0 Å². The van der Waals surface area contributed by atoms with Crippen LogP contribution in [0, 0.1) is 0 Å². The smallest absolute Gasteiger partial charge is 0.334 e. The second-order valence-electron chi connectivity index (χ2n) is 3.77. The number of aromatic hydroxyl groups is 1. The van der Waals surface area contributed by atoms with Gasteiger partial charge in [0.25, 0.3) is 0 Å². The van der Waals surface area contributed by atoms with E-state index < -0.39 is 12.1 Å². The number of esters is 1. The minimum absolute atomic E-state index is 0.0293. The van der Waals surface area contributed by atoms with Gasteiger partial charge in [-0.3, -0.25) is 0 Å². The van der Waals surface area contributed by atoms with Gasteiger partial charge in [-0.1, -0.05) is 18.2 Å². The van der Waals surface area contributed by atoms with Crippen molar-refractivity contribution in [3.8, 4) is 5.75 Å². The third-order valence-electron chi connectivity index (χ3n) is 2.36. The molecule has 4 nitrogen and oxygen atoms in total. The topological polar surface area (TPSA) is 66.8 Å². The van der Waals surface area contributed by atoms with E-state index in [0.29, 0.717) is 6.42 Å². The Kier molecular flexibility index (Phi) is 3.14. The van der Waals surface area contributed by atoms with Gasteiger partial charge in [0.15, 0.2) is 0 Å². The fraction of sp³-hybridized carbons (Fsp3) is 0.154. The van der Waals surface area contributed by atoms with Crippen LogP contribution in [0.2, 0.25) is 0 Å². The molecule has 0 spiro atoms. The molecule has 0 bridgehead atoms. The summed E-state index contributed by atoms with van der Waals surface area (Å²) in [6, 6.07) is 6.63. The first kappa shape index (κ1) is 11.3.